The van der Waals surface area contributed by atoms with Gasteiger partial charge in [0.1, 0.15) is 11.9 Å². The van der Waals surface area contributed by atoms with Gasteiger partial charge in [0, 0.05) is 31.9 Å². The highest BCUT2D eigenvalue weighted by atomic mass is 32.2. The van der Waals surface area contributed by atoms with E-state index in [1.54, 1.807) is 0 Å². The van der Waals surface area contributed by atoms with Crippen molar-refractivity contribution in [2.45, 2.75) is 30.3 Å². The molecule has 1 fully saturated rings. The van der Waals surface area contributed by atoms with Crippen LogP contribution in [0.1, 0.15) is 18.4 Å². The number of nitrogens with one attached hydrogen (secondary N) is 1. The van der Waals surface area contributed by atoms with Gasteiger partial charge < -0.3 is 9.88 Å². The molecule has 4 aromatic rings. The summed E-state index contributed by atoms with van der Waals surface area (Å²) in [5.74, 6) is -0.839. The van der Waals surface area contributed by atoms with Gasteiger partial charge in [-0.3, -0.25) is 4.79 Å². The number of carbonyl (C=O) groups excluding carboxylic acids is 1. The Labute approximate surface area is 204 Å². The number of aromatic nitrogens is 1. The molecule has 0 saturated carbocycles. The highest BCUT2D eigenvalue weighted by molar-refractivity contribution is 7.89. The first kappa shape index (κ1) is 23.3. The number of hydrogen-bond donors (Lipinski definition) is 1. The molecule has 1 aliphatic heterocycles. The maximum atomic E-state index is 13.3. The second-order valence-electron chi connectivity index (χ2n) is 8.85. The number of fused-ring (bicyclic) bond motifs is 1. The van der Waals surface area contributed by atoms with E-state index >= 15 is 0 Å². The van der Waals surface area contributed by atoms with Crippen LogP contribution < -0.4 is 5.32 Å². The predicted octanol–water partition coefficient (Wildman–Crippen LogP) is 4.45. The summed E-state index contributed by atoms with van der Waals surface area (Å²) < 4.78 is 42.7. The smallest absolute Gasteiger partial charge is 0.243 e. The van der Waals surface area contributed by atoms with Crippen LogP contribution in [0.15, 0.2) is 83.9 Å². The van der Waals surface area contributed by atoms with Crippen LogP contribution in [0.3, 0.4) is 0 Å². The molecular formula is C27H26FN3O3S. The van der Waals surface area contributed by atoms with Gasteiger partial charge in [-0.25, -0.2) is 12.8 Å². The van der Waals surface area contributed by atoms with Crippen LogP contribution in [-0.4, -0.2) is 35.8 Å². The summed E-state index contributed by atoms with van der Waals surface area (Å²) >= 11 is 0. The second kappa shape index (κ2) is 9.28. The zero-order valence-electron chi connectivity index (χ0n) is 19.3. The Hall–Kier alpha value is -3.49. The standard InChI is InChI=1S/C27H26FN3O3S/c1-30-15-13-20-7-8-22(17-26(20)30)21-5-2-4-19(16-21)18-29-27(32)25-6-3-14-31(25)35(33,34)24-11-9-23(28)10-12-24/h2,4-5,7-13,15-17,25H,3,6,14,18H2,1H3,(H,29,32). The fourth-order valence-corrected chi connectivity index (χ4v) is 6.30. The van der Waals surface area contributed by atoms with Crippen molar-refractivity contribution in [3.05, 3.63) is 90.4 Å². The number of rotatable bonds is 6. The van der Waals surface area contributed by atoms with Crippen molar-refractivity contribution in [3.8, 4) is 11.1 Å². The van der Waals surface area contributed by atoms with Crippen molar-refractivity contribution in [1.29, 1.82) is 0 Å². The van der Waals surface area contributed by atoms with E-state index in [4.69, 9.17) is 0 Å². The lowest BCUT2D eigenvalue weighted by molar-refractivity contribution is -0.124. The third kappa shape index (κ3) is 4.59. The van der Waals surface area contributed by atoms with E-state index < -0.39 is 21.9 Å². The van der Waals surface area contributed by atoms with Crippen LogP contribution in [-0.2, 0) is 28.4 Å². The molecule has 6 nitrogen and oxygen atoms in total. The lowest BCUT2D eigenvalue weighted by Crippen LogP contribution is -2.45. The number of sulfonamides is 1. The molecule has 5 rings (SSSR count). The average Bonchev–Trinajstić information content (AvgIpc) is 3.51. The zero-order chi connectivity index (χ0) is 24.6. The predicted molar refractivity (Wildman–Crippen MR) is 134 cm³/mol. The molecule has 1 atom stereocenters. The first-order valence-corrected chi connectivity index (χ1v) is 13.0. The molecule has 1 amide bonds. The van der Waals surface area contributed by atoms with Crippen molar-refractivity contribution in [2.24, 2.45) is 7.05 Å². The topological polar surface area (TPSA) is 71.4 Å². The van der Waals surface area contributed by atoms with E-state index in [0.29, 0.717) is 19.4 Å². The minimum Gasteiger partial charge on any atom is -0.351 e. The molecule has 35 heavy (non-hydrogen) atoms. The number of carbonyl (C=O) groups is 1. The molecule has 8 heteroatoms. The summed E-state index contributed by atoms with van der Waals surface area (Å²) in [4.78, 5) is 13.0. The van der Waals surface area contributed by atoms with Gasteiger partial charge >= 0.3 is 0 Å². The Bertz CT molecular complexity index is 1500. The fraction of sp³-hybridized carbons (Fsp3) is 0.222. The largest absolute Gasteiger partial charge is 0.351 e. The van der Waals surface area contributed by atoms with Crippen molar-refractivity contribution < 1.29 is 17.6 Å². The Morgan fingerprint density at radius 1 is 1.03 bits per heavy atom. The molecule has 180 valence electrons. The Morgan fingerprint density at radius 3 is 2.60 bits per heavy atom. The average molecular weight is 492 g/mol. The van der Waals surface area contributed by atoms with E-state index in [1.807, 2.05) is 37.5 Å². The van der Waals surface area contributed by atoms with Gasteiger partial charge in [0.25, 0.3) is 0 Å². The van der Waals surface area contributed by atoms with Crippen LogP contribution in [0.5, 0.6) is 0 Å². The van der Waals surface area contributed by atoms with E-state index in [1.165, 1.54) is 21.8 Å². The highest BCUT2D eigenvalue weighted by Gasteiger charge is 2.39. The van der Waals surface area contributed by atoms with Crippen LogP contribution in [0, 0.1) is 5.82 Å². The van der Waals surface area contributed by atoms with Crippen LogP contribution in [0.25, 0.3) is 22.0 Å². The summed E-state index contributed by atoms with van der Waals surface area (Å²) in [7, 11) is -1.87. The molecule has 1 aliphatic rings. The van der Waals surface area contributed by atoms with E-state index in [9.17, 15) is 17.6 Å². The molecule has 2 heterocycles. The van der Waals surface area contributed by atoms with Gasteiger partial charge in [-0.15, -0.1) is 0 Å². The third-order valence-corrected chi connectivity index (χ3v) is 8.46. The molecular weight excluding hydrogens is 465 g/mol. The summed E-state index contributed by atoms with van der Waals surface area (Å²) in [5.41, 5.74) is 4.19. The van der Waals surface area contributed by atoms with Crippen molar-refractivity contribution in [3.63, 3.8) is 0 Å². The molecule has 0 spiro atoms. The molecule has 3 aromatic carbocycles. The first-order valence-electron chi connectivity index (χ1n) is 11.5. The second-order valence-corrected chi connectivity index (χ2v) is 10.7. The van der Waals surface area contributed by atoms with Crippen molar-refractivity contribution >= 4 is 26.8 Å². The normalized spacial score (nSPS) is 16.6. The molecule has 0 aliphatic carbocycles. The van der Waals surface area contributed by atoms with Gasteiger partial charge in [0.2, 0.25) is 15.9 Å². The number of hydrogen-bond acceptors (Lipinski definition) is 3. The highest BCUT2D eigenvalue weighted by Crippen LogP contribution is 2.28. The van der Waals surface area contributed by atoms with Gasteiger partial charge in [-0.05, 0) is 77.4 Å². The third-order valence-electron chi connectivity index (χ3n) is 6.54. The summed E-state index contributed by atoms with van der Waals surface area (Å²) in [6.45, 7) is 0.551. The summed E-state index contributed by atoms with van der Waals surface area (Å²) in [5, 5.41) is 4.08. The van der Waals surface area contributed by atoms with Crippen molar-refractivity contribution in [2.75, 3.05) is 6.54 Å². The minimum absolute atomic E-state index is 0.0125. The quantitative estimate of drug-likeness (QED) is 0.433. The van der Waals surface area contributed by atoms with E-state index in [-0.39, 0.29) is 17.3 Å². The van der Waals surface area contributed by atoms with Crippen LogP contribution >= 0.6 is 0 Å². The van der Waals surface area contributed by atoms with Gasteiger partial charge in [-0.1, -0.05) is 30.3 Å². The number of benzene rings is 3. The first-order chi connectivity index (χ1) is 16.8. The number of halogens is 1. The zero-order valence-corrected chi connectivity index (χ0v) is 20.1. The van der Waals surface area contributed by atoms with Gasteiger partial charge in [0.15, 0.2) is 0 Å². The summed E-state index contributed by atoms with van der Waals surface area (Å²) in [6, 6.07) is 20.2. The molecule has 1 N–H and O–H groups in total. The molecule has 0 bridgehead atoms. The SMILES string of the molecule is Cn1ccc2ccc(-c3cccc(CNC(=O)C4CCCN4S(=O)(=O)c4ccc(F)cc4)c3)cc21. The Morgan fingerprint density at radius 2 is 1.80 bits per heavy atom. The van der Waals surface area contributed by atoms with E-state index in [0.717, 1.165) is 34.3 Å². The lowest BCUT2D eigenvalue weighted by atomic mass is 10.0. The van der Waals surface area contributed by atoms with Gasteiger partial charge in [0.05, 0.1) is 4.90 Å². The maximum absolute atomic E-state index is 13.3. The van der Waals surface area contributed by atoms with Gasteiger partial charge in [-0.2, -0.15) is 4.31 Å². The summed E-state index contributed by atoms with van der Waals surface area (Å²) in [6.07, 6.45) is 3.07. The molecule has 0 radical (unpaired) electrons. The number of aryl methyl sites for hydroxylation is 1. The van der Waals surface area contributed by atoms with Crippen LogP contribution in [0.2, 0.25) is 0 Å². The van der Waals surface area contributed by atoms with E-state index in [2.05, 4.69) is 34.1 Å². The Balaban J connectivity index is 1.30. The molecule has 1 aromatic heterocycles. The lowest BCUT2D eigenvalue weighted by Gasteiger charge is -2.23. The number of nitrogens with zero attached hydrogens (tertiary/aromatic N) is 2. The molecule has 1 unspecified atom stereocenters. The Kier molecular flexibility index (Phi) is 6.17. The molecule has 1 saturated heterocycles. The maximum Gasteiger partial charge on any atom is 0.243 e. The minimum atomic E-state index is -3.89. The monoisotopic (exact) mass is 491 g/mol. The van der Waals surface area contributed by atoms with Crippen LogP contribution in [0.4, 0.5) is 4.39 Å². The fourth-order valence-electron chi connectivity index (χ4n) is 4.64. The van der Waals surface area contributed by atoms with Crippen molar-refractivity contribution in [1.82, 2.24) is 14.2 Å². The number of amides is 1.